The highest BCUT2D eigenvalue weighted by atomic mass is 32.2. The number of hydrogen-bond acceptors (Lipinski definition) is 7. The molecule has 5 aromatic rings. The number of aliphatic carboxylic acids is 1. The van der Waals surface area contributed by atoms with Crippen LogP contribution < -0.4 is 14.8 Å². The Balaban J connectivity index is 1.31. The monoisotopic (exact) mass is 661 g/mol. The van der Waals surface area contributed by atoms with Gasteiger partial charge in [-0.25, -0.2) is 16.8 Å². The Kier molecular flexibility index (Phi) is 9.01. The summed E-state index contributed by atoms with van der Waals surface area (Å²) >= 11 is 0. The summed E-state index contributed by atoms with van der Waals surface area (Å²) in [6.45, 7) is 4.91. The van der Waals surface area contributed by atoms with Crippen LogP contribution in [0.5, 0.6) is 0 Å². The van der Waals surface area contributed by atoms with E-state index in [9.17, 15) is 31.5 Å². The number of furan rings is 1. The maximum atomic E-state index is 13.2. The van der Waals surface area contributed by atoms with Crippen LogP contribution in [0.4, 0.5) is 11.4 Å². The molecule has 5 rings (SSSR count). The van der Waals surface area contributed by atoms with E-state index < -0.39 is 43.9 Å². The molecule has 1 atom stereocenters. The number of fused-ring (bicyclic) bond motifs is 1. The first-order chi connectivity index (χ1) is 21.8. The predicted molar refractivity (Wildman–Crippen MR) is 175 cm³/mol. The molecular formula is C33H31N3O8S2. The number of aryl methyl sites for hydroxylation is 1. The summed E-state index contributed by atoms with van der Waals surface area (Å²) in [6.07, 6.45) is 0. The second-order valence-corrected chi connectivity index (χ2v) is 14.3. The highest BCUT2D eigenvalue weighted by molar-refractivity contribution is 7.92. The maximum absolute atomic E-state index is 13.2. The van der Waals surface area contributed by atoms with Gasteiger partial charge < -0.3 is 14.8 Å². The number of carbonyl (C=O) groups excluding carboxylic acids is 1. The fraction of sp³-hybridized carbons (Fsp3) is 0.152. The lowest BCUT2D eigenvalue weighted by Crippen LogP contribution is -2.44. The smallest absolute Gasteiger partial charge is 0.322 e. The molecule has 0 bridgehead atoms. The van der Waals surface area contributed by atoms with Gasteiger partial charge >= 0.3 is 5.97 Å². The molecule has 238 valence electrons. The number of anilines is 2. The molecule has 1 aromatic heterocycles. The van der Waals surface area contributed by atoms with Crippen LogP contribution in [0.1, 0.15) is 30.0 Å². The molecule has 0 aliphatic rings. The molecule has 0 aliphatic heterocycles. The quantitative estimate of drug-likeness (QED) is 0.137. The van der Waals surface area contributed by atoms with Gasteiger partial charge in [0.05, 0.1) is 15.5 Å². The fourth-order valence-electron chi connectivity index (χ4n) is 4.88. The first kappa shape index (κ1) is 32.4. The van der Waals surface area contributed by atoms with Crippen molar-refractivity contribution in [3.63, 3.8) is 0 Å². The first-order valence-electron chi connectivity index (χ1n) is 14.1. The number of carboxylic acids is 1. The molecule has 4 aromatic carbocycles. The standard InChI is InChI=1S/C33H31N3O8S2/c1-20(2)30(33(38)39)36-46(42,43)26-18-14-23(15-19-26)22-12-16-24(17-13-22)34-32(37)31-21(3)29-27(10-7-11-28(29)44-31)35-45(40,41)25-8-5-4-6-9-25/h4-20,30,35-36H,1-3H3,(H,34,37)(H,38,39). The minimum absolute atomic E-state index is 0.0263. The maximum Gasteiger partial charge on any atom is 0.322 e. The zero-order valence-electron chi connectivity index (χ0n) is 25.0. The molecule has 11 nitrogen and oxygen atoms in total. The number of benzene rings is 4. The number of hydrogen-bond donors (Lipinski definition) is 4. The van der Waals surface area contributed by atoms with Crippen molar-refractivity contribution in [3.05, 3.63) is 108 Å². The van der Waals surface area contributed by atoms with Crippen LogP contribution in [0, 0.1) is 12.8 Å². The summed E-state index contributed by atoms with van der Waals surface area (Å²) < 4.78 is 62.0. The molecule has 1 unspecified atom stereocenters. The van der Waals surface area contributed by atoms with Crippen LogP contribution in [-0.2, 0) is 24.8 Å². The molecule has 13 heteroatoms. The summed E-state index contributed by atoms with van der Waals surface area (Å²) in [5.41, 5.74) is 3.00. The van der Waals surface area contributed by atoms with E-state index in [-0.39, 0.29) is 21.2 Å². The van der Waals surface area contributed by atoms with Gasteiger partial charge in [-0.2, -0.15) is 4.72 Å². The lowest BCUT2D eigenvalue weighted by atomic mass is 10.1. The Morgan fingerprint density at radius 3 is 1.91 bits per heavy atom. The Hall–Kier alpha value is -4.98. The Labute approximate surface area is 266 Å². The van der Waals surface area contributed by atoms with Gasteiger partial charge in [0.15, 0.2) is 5.76 Å². The van der Waals surface area contributed by atoms with Crippen molar-refractivity contribution in [2.24, 2.45) is 5.92 Å². The highest BCUT2D eigenvalue weighted by Gasteiger charge is 2.28. The van der Waals surface area contributed by atoms with E-state index >= 15 is 0 Å². The van der Waals surface area contributed by atoms with Crippen LogP contribution in [0.2, 0.25) is 0 Å². The first-order valence-corrected chi connectivity index (χ1v) is 17.1. The molecule has 0 saturated heterocycles. The van der Waals surface area contributed by atoms with Gasteiger partial charge in [0.1, 0.15) is 11.6 Å². The van der Waals surface area contributed by atoms with Crippen molar-refractivity contribution in [1.29, 1.82) is 0 Å². The topological polar surface area (TPSA) is 172 Å². The lowest BCUT2D eigenvalue weighted by molar-refractivity contribution is -0.140. The molecule has 4 N–H and O–H groups in total. The SMILES string of the molecule is Cc1c(C(=O)Nc2ccc(-c3ccc(S(=O)(=O)NC(C(=O)O)C(C)C)cc3)cc2)oc2cccc(NS(=O)(=O)c3ccccc3)c12. The number of carbonyl (C=O) groups is 2. The van der Waals surface area contributed by atoms with Gasteiger partial charge in [-0.1, -0.05) is 62.4 Å². The molecule has 0 aliphatic carbocycles. The van der Waals surface area contributed by atoms with Crippen molar-refractivity contribution < 1.29 is 35.9 Å². The van der Waals surface area contributed by atoms with Crippen LogP contribution >= 0.6 is 0 Å². The summed E-state index contributed by atoms with van der Waals surface area (Å²) in [5.74, 6) is -2.20. The zero-order chi connectivity index (χ0) is 33.2. The summed E-state index contributed by atoms with van der Waals surface area (Å²) in [7, 11) is -7.93. The summed E-state index contributed by atoms with van der Waals surface area (Å²) in [4.78, 5) is 24.7. The minimum Gasteiger partial charge on any atom is -0.480 e. The Bertz CT molecular complexity index is 2130. The number of sulfonamides is 2. The predicted octanol–water partition coefficient (Wildman–Crippen LogP) is 5.85. The van der Waals surface area contributed by atoms with Crippen LogP contribution in [0.25, 0.3) is 22.1 Å². The van der Waals surface area contributed by atoms with E-state index in [4.69, 9.17) is 4.42 Å². The third kappa shape index (κ3) is 6.81. The van der Waals surface area contributed by atoms with Crippen molar-refractivity contribution in [3.8, 4) is 11.1 Å². The summed E-state index contributed by atoms with van der Waals surface area (Å²) in [6, 6.07) is 24.4. The third-order valence-corrected chi connectivity index (χ3v) is 10.2. The number of amides is 1. The van der Waals surface area contributed by atoms with E-state index in [1.165, 1.54) is 24.3 Å². The van der Waals surface area contributed by atoms with E-state index in [0.29, 0.717) is 27.8 Å². The second kappa shape index (κ2) is 12.8. The van der Waals surface area contributed by atoms with E-state index in [2.05, 4.69) is 14.8 Å². The number of carboxylic acid groups (broad SMARTS) is 1. The average molecular weight is 662 g/mol. The van der Waals surface area contributed by atoms with Gasteiger partial charge in [-0.15, -0.1) is 0 Å². The Morgan fingerprint density at radius 2 is 1.33 bits per heavy atom. The van der Waals surface area contributed by atoms with Crippen LogP contribution in [0.15, 0.2) is 111 Å². The van der Waals surface area contributed by atoms with Gasteiger partial charge in [0, 0.05) is 16.6 Å². The van der Waals surface area contributed by atoms with Crippen molar-refractivity contribution in [2.75, 3.05) is 10.0 Å². The highest BCUT2D eigenvalue weighted by Crippen LogP contribution is 2.33. The van der Waals surface area contributed by atoms with E-state index in [0.717, 1.165) is 5.56 Å². The molecule has 0 radical (unpaired) electrons. The zero-order valence-corrected chi connectivity index (χ0v) is 26.6. The van der Waals surface area contributed by atoms with Crippen molar-refractivity contribution in [2.45, 2.75) is 36.6 Å². The van der Waals surface area contributed by atoms with Gasteiger partial charge in [-0.3, -0.25) is 14.3 Å². The van der Waals surface area contributed by atoms with Crippen molar-refractivity contribution >= 4 is 54.3 Å². The fourth-order valence-corrected chi connectivity index (χ4v) is 7.31. The third-order valence-electron chi connectivity index (χ3n) is 7.31. The summed E-state index contributed by atoms with van der Waals surface area (Å²) in [5, 5.41) is 12.6. The molecule has 0 fully saturated rings. The molecule has 1 heterocycles. The largest absolute Gasteiger partial charge is 0.480 e. The van der Waals surface area contributed by atoms with Gasteiger partial charge in [0.2, 0.25) is 10.0 Å². The molecule has 0 spiro atoms. The number of nitrogens with one attached hydrogen (secondary N) is 3. The molecular weight excluding hydrogens is 631 g/mol. The van der Waals surface area contributed by atoms with Gasteiger partial charge in [-0.05, 0) is 72.5 Å². The van der Waals surface area contributed by atoms with Crippen LogP contribution in [-0.4, -0.2) is 39.9 Å². The molecule has 46 heavy (non-hydrogen) atoms. The van der Waals surface area contributed by atoms with E-state index in [1.807, 2.05) is 0 Å². The second-order valence-electron chi connectivity index (χ2n) is 10.9. The normalized spacial score (nSPS) is 12.6. The molecule has 1 amide bonds. The van der Waals surface area contributed by atoms with Crippen LogP contribution in [0.3, 0.4) is 0 Å². The molecule has 0 saturated carbocycles. The Morgan fingerprint density at radius 1 is 0.739 bits per heavy atom. The average Bonchev–Trinajstić information content (AvgIpc) is 3.37. The van der Waals surface area contributed by atoms with Gasteiger partial charge in [0.25, 0.3) is 15.9 Å². The number of rotatable bonds is 11. The van der Waals surface area contributed by atoms with E-state index in [1.54, 1.807) is 93.6 Å². The lowest BCUT2D eigenvalue weighted by Gasteiger charge is -2.18. The minimum atomic E-state index is -4.05. The van der Waals surface area contributed by atoms with Crippen molar-refractivity contribution in [1.82, 2.24) is 4.72 Å².